The van der Waals surface area contributed by atoms with Gasteiger partial charge in [-0.3, -0.25) is 0 Å². The van der Waals surface area contributed by atoms with Crippen LogP contribution < -0.4 is 5.43 Å². The van der Waals surface area contributed by atoms with Crippen molar-refractivity contribution in [2.24, 2.45) is 0 Å². The smallest absolute Gasteiger partial charge is 0.237 e. The van der Waals surface area contributed by atoms with E-state index in [1.165, 1.54) is 6.07 Å². The summed E-state index contributed by atoms with van der Waals surface area (Å²) in [5, 5.41) is 0. The molecule has 0 radical (unpaired) electrons. The van der Waals surface area contributed by atoms with Crippen molar-refractivity contribution in [3.05, 3.63) is 29.3 Å². The SMILES string of the molecule is Cc1ccc(S(=O)(=O)N(N[C@@H]2CCS(=O)(=O)C2)[C@@H]2CCS(=O)(=O)C2)c(C)c1. The molecule has 2 atom stereocenters. The molecular weight excluding hydrogens is 412 g/mol. The summed E-state index contributed by atoms with van der Waals surface area (Å²) in [4.78, 5) is 0.0887. The summed E-state index contributed by atoms with van der Waals surface area (Å²) in [5.74, 6) is -0.527. The molecular formula is C16H24N2O6S3. The van der Waals surface area contributed by atoms with Crippen LogP contribution >= 0.6 is 0 Å². The maximum atomic E-state index is 13.3. The maximum absolute atomic E-state index is 13.3. The predicted molar refractivity (Wildman–Crippen MR) is 102 cm³/mol. The van der Waals surface area contributed by atoms with Crippen molar-refractivity contribution in [1.82, 2.24) is 9.84 Å². The van der Waals surface area contributed by atoms with Gasteiger partial charge in [-0.25, -0.2) is 30.7 Å². The Balaban J connectivity index is 1.98. The minimum absolute atomic E-state index is 0.00885. The van der Waals surface area contributed by atoms with E-state index in [2.05, 4.69) is 5.43 Å². The van der Waals surface area contributed by atoms with E-state index in [-0.39, 0.29) is 34.3 Å². The number of rotatable bonds is 5. The first-order chi connectivity index (χ1) is 12.4. The number of sulfonamides is 1. The molecule has 2 heterocycles. The molecule has 0 aromatic heterocycles. The third-order valence-corrected chi connectivity index (χ3v) is 10.4. The van der Waals surface area contributed by atoms with Crippen LogP contribution in [0.2, 0.25) is 0 Å². The highest BCUT2D eigenvalue weighted by atomic mass is 32.2. The molecule has 11 heteroatoms. The Morgan fingerprint density at radius 3 is 2.15 bits per heavy atom. The monoisotopic (exact) mass is 436 g/mol. The highest BCUT2D eigenvalue weighted by Crippen LogP contribution is 2.27. The fourth-order valence-corrected chi connectivity index (χ4v) is 8.84. The number of nitrogens with one attached hydrogen (secondary N) is 1. The van der Waals surface area contributed by atoms with E-state index in [1.807, 2.05) is 6.92 Å². The summed E-state index contributed by atoms with van der Waals surface area (Å²) < 4.78 is 75.0. The molecule has 152 valence electrons. The van der Waals surface area contributed by atoms with Crippen LogP contribution in [-0.2, 0) is 29.7 Å². The van der Waals surface area contributed by atoms with Gasteiger partial charge in [-0.15, -0.1) is 4.41 Å². The molecule has 1 aromatic rings. The number of sulfone groups is 2. The lowest BCUT2D eigenvalue weighted by atomic mass is 10.2. The van der Waals surface area contributed by atoms with E-state index in [4.69, 9.17) is 0 Å². The van der Waals surface area contributed by atoms with E-state index in [1.54, 1.807) is 19.1 Å². The first kappa shape index (κ1) is 20.7. The zero-order valence-corrected chi connectivity index (χ0v) is 17.7. The van der Waals surface area contributed by atoms with Gasteiger partial charge in [0.05, 0.1) is 33.9 Å². The van der Waals surface area contributed by atoms with Gasteiger partial charge in [-0.2, -0.15) is 0 Å². The summed E-state index contributed by atoms with van der Waals surface area (Å²) >= 11 is 0. The minimum Gasteiger partial charge on any atom is -0.237 e. The summed E-state index contributed by atoms with van der Waals surface area (Å²) in [7, 11) is -10.6. The molecule has 1 aromatic carbocycles. The zero-order chi connectivity index (χ0) is 20.0. The van der Waals surface area contributed by atoms with E-state index in [0.717, 1.165) is 9.98 Å². The fourth-order valence-electron chi connectivity index (χ4n) is 3.60. The molecule has 0 spiro atoms. The number of aryl methyl sites for hydroxylation is 2. The van der Waals surface area contributed by atoms with Crippen LogP contribution in [0.5, 0.6) is 0 Å². The second kappa shape index (κ2) is 7.11. The fraction of sp³-hybridized carbons (Fsp3) is 0.625. The standard InChI is InChI=1S/C16H24N2O6S3/c1-12-3-4-16(13(2)9-12)27(23,24)18(15-6-8-26(21,22)11-15)17-14-5-7-25(19,20)10-14/h3-4,9,14-15,17H,5-8,10-11H2,1-2H3/t14-,15-/m1/s1. The van der Waals surface area contributed by atoms with Gasteiger partial charge in [0.2, 0.25) is 0 Å². The van der Waals surface area contributed by atoms with Crippen molar-refractivity contribution in [3.63, 3.8) is 0 Å². The van der Waals surface area contributed by atoms with Gasteiger partial charge in [0, 0.05) is 6.04 Å². The summed E-state index contributed by atoms with van der Waals surface area (Å²) in [6, 6.07) is 3.62. The quantitative estimate of drug-likeness (QED) is 0.654. The average molecular weight is 437 g/mol. The Morgan fingerprint density at radius 2 is 1.63 bits per heavy atom. The Morgan fingerprint density at radius 1 is 1.00 bits per heavy atom. The van der Waals surface area contributed by atoms with Crippen LogP contribution in [-0.4, -0.2) is 64.8 Å². The highest BCUT2D eigenvalue weighted by molar-refractivity contribution is 7.92. The van der Waals surface area contributed by atoms with Crippen LogP contribution in [0.15, 0.2) is 23.1 Å². The molecule has 2 fully saturated rings. The van der Waals surface area contributed by atoms with Gasteiger partial charge >= 0.3 is 0 Å². The Hall–Kier alpha value is -1.01. The van der Waals surface area contributed by atoms with Gasteiger partial charge < -0.3 is 0 Å². The Bertz CT molecular complexity index is 1050. The summed E-state index contributed by atoms with van der Waals surface area (Å²) in [6.45, 7) is 3.54. The molecule has 2 saturated heterocycles. The number of hydrogen-bond donors (Lipinski definition) is 1. The lowest BCUT2D eigenvalue weighted by Gasteiger charge is -2.31. The third-order valence-electron chi connectivity index (χ3n) is 4.95. The van der Waals surface area contributed by atoms with Crippen LogP contribution in [0.4, 0.5) is 0 Å². The molecule has 0 amide bonds. The lowest BCUT2D eigenvalue weighted by molar-refractivity contribution is 0.229. The normalized spacial score (nSPS) is 27.2. The van der Waals surface area contributed by atoms with Crippen LogP contribution in [0.3, 0.4) is 0 Å². The first-order valence-electron chi connectivity index (χ1n) is 8.68. The number of benzene rings is 1. The molecule has 2 aliphatic rings. The number of hydrogen-bond acceptors (Lipinski definition) is 7. The first-order valence-corrected chi connectivity index (χ1v) is 13.8. The zero-order valence-electron chi connectivity index (χ0n) is 15.3. The van der Waals surface area contributed by atoms with Gasteiger partial charge in [-0.05, 0) is 38.3 Å². The van der Waals surface area contributed by atoms with Crippen molar-refractivity contribution >= 4 is 29.7 Å². The second-order valence-corrected chi connectivity index (χ2v) is 13.6. The number of hydrazine groups is 1. The summed E-state index contributed by atoms with van der Waals surface area (Å²) in [6.07, 6.45) is 0.472. The molecule has 8 nitrogen and oxygen atoms in total. The molecule has 0 unspecified atom stereocenters. The van der Waals surface area contributed by atoms with E-state index >= 15 is 0 Å². The van der Waals surface area contributed by atoms with Crippen molar-refractivity contribution in [3.8, 4) is 0 Å². The average Bonchev–Trinajstić information content (AvgIpc) is 3.05. The van der Waals surface area contributed by atoms with E-state index in [9.17, 15) is 25.3 Å². The Labute approximate surface area is 160 Å². The van der Waals surface area contributed by atoms with E-state index in [0.29, 0.717) is 12.0 Å². The van der Waals surface area contributed by atoms with Gasteiger partial charge in [0.25, 0.3) is 10.0 Å². The van der Waals surface area contributed by atoms with Crippen LogP contribution in [0.1, 0.15) is 24.0 Å². The maximum Gasteiger partial charge on any atom is 0.256 e. The van der Waals surface area contributed by atoms with Crippen molar-refractivity contribution < 1.29 is 25.3 Å². The highest BCUT2D eigenvalue weighted by Gasteiger charge is 2.42. The van der Waals surface area contributed by atoms with Gasteiger partial charge in [0.1, 0.15) is 0 Å². The Kier molecular flexibility index (Phi) is 5.45. The van der Waals surface area contributed by atoms with Crippen molar-refractivity contribution in [2.45, 2.75) is 43.7 Å². The van der Waals surface area contributed by atoms with Crippen LogP contribution in [0.25, 0.3) is 0 Å². The third kappa shape index (κ3) is 4.53. The molecule has 2 aliphatic heterocycles. The predicted octanol–water partition coefficient (Wildman–Crippen LogP) is 0.173. The number of nitrogens with zero attached hydrogens (tertiary/aromatic N) is 1. The van der Waals surface area contributed by atoms with Gasteiger partial charge in [0.15, 0.2) is 19.7 Å². The van der Waals surface area contributed by atoms with Crippen LogP contribution in [0, 0.1) is 13.8 Å². The molecule has 1 N–H and O–H groups in total. The molecule has 27 heavy (non-hydrogen) atoms. The lowest BCUT2D eigenvalue weighted by Crippen LogP contribution is -2.54. The largest absolute Gasteiger partial charge is 0.256 e. The molecule has 0 saturated carbocycles. The molecule has 0 bridgehead atoms. The molecule has 0 aliphatic carbocycles. The van der Waals surface area contributed by atoms with Crippen molar-refractivity contribution in [1.29, 1.82) is 0 Å². The van der Waals surface area contributed by atoms with E-state index < -0.39 is 41.8 Å². The van der Waals surface area contributed by atoms with Gasteiger partial charge in [-0.1, -0.05) is 17.7 Å². The topological polar surface area (TPSA) is 118 Å². The second-order valence-electron chi connectivity index (χ2n) is 7.36. The molecule has 3 rings (SSSR count). The summed E-state index contributed by atoms with van der Waals surface area (Å²) in [5.41, 5.74) is 4.30. The minimum atomic E-state index is -4.04. The van der Waals surface area contributed by atoms with Crippen molar-refractivity contribution in [2.75, 3.05) is 23.0 Å².